The van der Waals surface area contributed by atoms with Crippen molar-refractivity contribution in [3.05, 3.63) is 24.3 Å². The monoisotopic (exact) mass is 292 g/mol. The zero-order valence-electron chi connectivity index (χ0n) is 13.9. The van der Waals surface area contributed by atoms with Crippen molar-refractivity contribution >= 4 is 17.3 Å². The van der Waals surface area contributed by atoms with E-state index in [-0.39, 0.29) is 5.97 Å². The lowest BCUT2D eigenvalue weighted by molar-refractivity contribution is -0.154. The molecular weight excluding hydrogens is 264 g/mol. The van der Waals surface area contributed by atoms with E-state index in [1.807, 2.05) is 32.9 Å². The van der Waals surface area contributed by atoms with E-state index in [0.29, 0.717) is 13.0 Å². The number of nitrogens with zero attached hydrogens (tertiary/aromatic N) is 1. The number of carbonyl (C=O) groups excluding carboxylic acids is 1. The van der Waals surface area contributed by atoms with E-state index >= 15 is 0 Å². The maximum absolute atomic E-state index is 11.6. The van der Waals surface area contributed by atoms with Crippen LogP contribution in [0, 0.1) is 0 Å². The summed E-state index contributed by atoms with van der Waals surface area (Å²) in [6.45, 7) is 12.5. The summed E-state index contributed by atoms with van der Waals surface area (Å²) in [4.78, 5) is 13.9. The summed E-state index contributed by atoms with van der Waals surface area (Å²) in [6, 6.07) is 8.29. The molecule has 0 bridgehead atoms. The maximum Gasteiger partial charge on any atom is 0.308 e. The van der Waals surface area contributed by atoms with Gasteiger partial charge < -0.3 is 15.0 Å². The number of hydrogen-bond donors (Lipinski definition) is 1. The molecule has 0 saturated carbocycles. The van der Waals surface area contributed by atoms with Crippen molar-refractivity contribution in [2.45, 2.75) is 46.6 Å². The van der Waals surface area contributed by atoms with Crippen molar-refractivity contribution in [1.82, 2.24) is 0 Å². The number of hydrogen-bond acceptors (Lipinski definition) is 4. The van der Waals surface area contributed by atoms with Gasteiger partial charge in [0.05, 0.1) is 6.42 Å². The average molecular weight is 292 g/mol. The Hall–Kier alpha value is -1.71. The van der Waals surface area contributed by atoms with Crippen LogP contribution in [0.5, 0.6) is 0 Å². The third-order valence-corrected chi connectivity index (χ3v) is 3.07. The van der Waals surface area contributed by atoms with E-state index in [2.05, 4.69) is 36.2 Å². The highest BCUT2D eigenvalue weighted by Crippen LogP contribution is 2.17. The van der Waals surface area contributed by atoms with Crippen molar-refractivity contribution in [1.29, 1.82) is 0 Å². The molecule has 0 heterocycles. The van der Waals surface area contributed by atoms with Gasteiger partial charge in [-0.1, -0.05) is 0 Å². The van der Waals surface area contributed by atoms with Crippen LogP contribution < -0.4 is 10.2 Å². The normalized spacial score (nSPS) is 11.1. The fourth-order valence-corrected chi connectivity index (χ4v) is 2.08. The van der Waals surface area contributed by atoms with Crippen molar-refractivity contribution in [2.24, 2.45) is 0 Å². The van der Waals surface area contributed by atoms with Crippen molar-refractivity contribution in [2.75, 3.05) is 29.9 Å². The lowest BCUT2D eigenvalue weighted by Gasteiger charge is -2.21. The predicted molar refractivity (Wildman–Crippen MR) is 89.0 cm³/mol. The first-order chi connectivity index (χ1) is 9.85. The molecule has 0 aliphatic rings. The molecule has 0 radical (unpaired) electrons. The highest BCUT2D eigenvalue weighted by Gasteiger charge is 2.15. The van der Waals surface area contributed by atoms with Crippen LogP contribution in [0.4, 0.5) is 11.4 Å². The van der Waals surface area contributed by atoms with E-state index in [1.54, 1.807) is 0 Å². The van der Waals surface area contributed by atoms with E-state index < -0.39 is 5.60 Å². The number of esters is 1. The van der Waals surface area contributed by atoms with Gasteiger partial charge in [-0.2, -0.15) is 0 Å². The first kappa shape index (κ1) is 17.3. The topological polar surface area (TPSA) is 41.6 Å². The fourth-order valence-electron chi connectivity index (χ4n) is 2.08. The molecule has 1 aromatic rings. The molecule has 0 atom stereocenters. The summed E-state index contributed by atoms with van der Waals surface area (Å²) in [7, 11) is 0. The minimum Gasteiger partial charge on any atom is -0.460 e. The van der Waals surface area contributed by atoms with Gasteiger partial charge in [0.2, 0.25) is 0 Å². The van der Waals surface area contributed by atoms with E-state index in [4.69, 9.17) is 4.74 Å². The highest BCUT2D eigenvalue weighted by atomic mass is 16.6. The standard InChI is InChI=1S/C17H28N2O2/c1-6-19(7-2)15-10-8-14(9-11-15)18-13-12-16(20)21-17(3,4)5/h8-11,18H,6-7,12-13H2,1-5H3. The van der Waals surface area contributed by atoms with Gasteiger partial charge in [-0.3, -0.25) is 4.79 Å². The van der Waals surface area contributed by atoms with Crippen LogP contribution >= 0.6 is 0 Å². The van der Waals surface area contributed by atoms with Crippen LogP contribution in [0.25, 0.3) is 0 Å². The van der Waals surface area contributed by atoms with Crippen LogP contribution in [0.1, 0.15) is 41.0 Å². The van der Waals surface area contributed by atoms with Gasteiger partial charge in [0.15, 0.2) is 0 Å². The quantitative estimate of drug-likeness (QED) is 0.778. The van der Waals surface area contributed by atoms with Crippen LogP contribution in [0.3, 0.4) is 0 Å². The molecule has 0 unspecified atom stereocenters. The number of ether oxygens (including phenoxy) is 1. The summed E-state index contributed by atoms with van der Waals surface area (Å²) < 4.78 is 5.27. The van der Waals surface area contributed by atoms with Crippen LogP contribution in [0.2, 0.25) is 0 Å². The summed E-state index contributed by atoms with van der Waals surface area (Å²) >= 11 is 0. The number of nitrogens with one attached hydrogen (secondary N) is 1. The SMILES string of the molecule is CCN(CC)c1ccc(NCCC(=O)OC(C)(C)C)cc1. The Morgan fingerprint density at radius 2 is 1.71 bits per heavy atom. The largest absolute Gasteiger partial charge is 0.460 e. The molecule has 0 fully saturated rings. The Labute approximate surface area is 128 Å². The molecule has 1 aromatic carbocycles. The highest BCUT2D eigenvalue weighted by molar-refractivity contribution is 5.70. The Bertz CT molecular complexity index is 431. The predicted octanol–water partition coefficient (Wildman–Crippen LogP) is 3.68. The molecule has 0 aliphatic carbocycles. The molecule has 4 heteroatoms. The van der Waals surface area contributed by atoms with Crippen LogP contribution in [-0.4, -0.2) is 31.2 Å². The molecule has 0 amide bonds. The molecule has 21 heavy (non-hydrogen) atoms. The lowest BCUT2D eigenvalue weighted by Crippen LogP contribution is -2.25. The van der Waals surface area contributed by atoms with E-state index in [9.17, 15) is 4.79 Å². The van der Waals surface area contributed by atoms with Gasteiger partial charge in [-0.25, -0.2) is 0 Å². The minimum absolute atomic E-state index is 0.172. The average Bonchev–Trinajstić information content (AvgIpc) is 2.40. The second-order valence-corrected chi connectivity index (χ2v) is 5.98. The van der Waals surface area contributed by atoms with Crippen LogP contribution in [0.15, 0.2) is 24.3 Å². The van der Waals surface area contributed by atoms with E-state index in [0.717, 1.165) is 18.8 Å². The third-order valence-electron chi connectivity index (χ3n) is 3.07. The van der Waals surface area contributed by atoms with Crippen molar-refractivity contribution in [3.63, 3.8) is 0 Å². The second kappa shape index (κ2) is 7.91. The van der Waals surface area contributed by atoms with Crippen molar-refractivity contribution < 1.29 is 9.53 Å². The van der Waals surface area contributed by atoms with Crippen molar-refractivity contribution in [3.8, 4) is 0 Å². The number of carbonyl (C=O) groups is 1. The molecule has 1 N–H and O–H groups in total. The maximum atomic E-state index is 11.6. The molecule has 0 aromatic heterocycles. The van der Waals surface area contributed by atoms with E-state index in [1.165, 1.54) is 5.69 Å². The molecule has 4 nitrogen and oxygen atoms in total. The molecule has 118 valence electrons. The molecule has 0 saturated heterocycles. The Morgan fingerprint density at radius 3 is 2.19 bits per heavy atom. The van der Waals surface area contributed by atoms with Gasteiger partial charge in [-0.05, 0) is 58.9 Å². The molecule has 0 spiro atoms. The lowest BCUT2D eigenvalue weighted by atomic mass is 10.2. The zero-order valence-corrected chi connectivity index (χ0v) is 13.9. The molecule has 1 rings (SSSR count). The Morgan fingerprint density at radius 1 is 1.14 bits per heavy atom. The van der Waals surface area contributed by atoms with Gasteiger partial charge >= 0.3 is 5.97 Å². The summed E-state index contributed by atoms with van der Waals surface area (Å²) in [5, 5.41) is 3.24. The minimum atomic E-state index is -0.414. The first-order valence-electron chi connectivity index (χ1n) is 7.66. The summed E-state index contributed by atoms with van der Waals surface area (Å²) in [5.41, 5.74) is 1.83. The van der Waals surface area contributed by atoms with Gasteiger partial charge in [0, 0.05) is 31.0 Å². The number of rotatable bonds is 7. The Balaban J connectivity index is 2.41. The number of anilines is 2. The van der Waals surface area contributed by atoms with Gasteiger partial charge in [-0.15, -0.1) is 0 Å². The Kier molecular flexibility index (Phi) is 6.53. The summed E-state index contributed by atoms with van der Waals surface area (Å²) in [6.07, 6.45) is 0.370. The fraction of sp³-hybridized carbons (Fsp3) is 0.588. The molecule has 0 aliphatic heterocycles. The number of benzene rings is 1. The smallest absolute Gasteiger partial charge is 0.308 e. The molecular formula is C17H28N2O2. The van der Waals surface area contributed by atoms with Gasteiger partial charge in [0.25, 0.3) is 0 Å². The van der Waals surface area contributed by atoms with Gasteiger partial charge in [0.1, 0.15) is 5.60 Å². The third kappa shape index (κ3) is 6.52. The zero-order chi connectivity index (χ0) is 15.9. The summed E-state index contributed by atoms with van der Waals surface area (Å²) in [5.74, 6) is -0.172. The first-order valence-corrected chi connectivity index (χ1v) is 7.66. The van der Waals surface area contributed by atoms with Crippen LogP contribution in [-0.2, 0) is 9.53 Å². The second-order valence-electron chi connectivity index (χ2n) is 5.98.